The van der Waals surface area contributed by atoms with E-state index in [2.05, 4.69) is 6.07 Å². The molecule has 1 saturated heterocycles. The average molecular weight is 394 g/mol. The molecule has 0 bridgehead atoms. The van der Waals surface area contributed by atoms with Gasteiger partial charge in [0.2, 0.25) is 15.9 Å². The summed E-state index contributed by atoms with van der Waals surface area (Å²) in [5.41, 5.74) is 0. The second-order valence-corrected chi connectivity index (χ2v) is 9.32. The van der Waals surface area contributed by atoms with E-state index in [0.717, 1.165) is 6.54 Å². The largest absolute Gasteiger partial charge is 0.339 e. The number of hydrogen-bond acceptors (Lipinski definition) is 5. The Bertz CT molecular complexity index is 815. The molecule has 2 aromatic rings. The van der Waals surface area contributed by atoms with Crippen molar-refractivity contribution >= 4 is 27.3 Å². The third-order valence-corrected chi connectivity index (χ3v) is 7.16. The lowest BCUT2D eigenvalue weighted by molar-refractivity contribution is -0.133. The zero-order chi connectivity index (χ0) is 18.6. The molecule has 26 heavy (non-hydrogen) atoms. The first kappa shape index (κ1) is 19.0. The molecule has 0 unspecified atom stereocenters. The Hall–Kier alpha value is -1.74. The van der Waals surface area contributed by atoms with Gasteiger partial charge in [0, 0.05) is 37.6 Å². The minimum atomic E-state index is -3.48. The summed E-state index contributed by atoms with van der Waals surface area (Å²) in [7, 11) is -1.56. The standard InChI is InChI=1S/C18H23N3O3S2/c1-19(14-16-6-5-13-25-16)15-18(22)20-9-11-21(12-10-20)26(23,24)17-7-3-2-4-8-17/h2-8,13H,9-12,14-15H2,1H3. The Balaban J connectivity index is 1.52. The van der Waals surface area contributed by atoms with Crippen LogP contribution in [0.1, 0.15) is 4.88 Å². The molecule has 1 aliphatic rings. The molecule has 1 amide bonds. The quantitative estimate of drug-likeness (QED) is 0.750. The van der Waals surface area contributed by atoms with E-state index in [1.807, 2.05) is 23.4 Å². The van der Waals surface area contributed by atoms with Crippen LogP contribution in [-0.4, -0.2) is 68.2 Å². The molecular formula is C18H23N3O3S2. The molecule has 0 aliphatic carbocycles. The van der Waals surface area contributed by atoms with Crippen molar-refractivity contribution in [2.24, 2.45) is 0 Å². The number of rotatable bonds is 6. The molecule has 6 nitrogen and oxygen atoms in total. The van der Waals surface area contributed by atoms with Crippen LogP contribution < -0.4 is 0 Å². The Morgan fingerprint density at radius 2 is 1.77 bits per heavy atom. The monoisotopic (exact) mass is 393 g/mol. The van der Waals surface area contributed by atoms with E-state index in [9.17, 15) is 13.2 Å². The van der Waals surface area contributed by atoms with Crippen molar-refractivity contribution in [3.05, 3.63) is 52.7 Å². The highest BCUT2D eigenvalue weighted by Crippen LogP contribution is 2.17. The van der Waals surface area contributed by atoms with Crippen LogP contribution in [0.5, 0.6) is 0 Å². The van der Waals surface area contributed by atoms with Gasteiger partial charge in [-0.3, -0.25) is 9.69 Å². The fourth-order valence-electron chi connectivity index (χ4n) is 2.97. The van der Waals surface area contributed by atoms with Gasteiger partial charge in [-0.05, 0) is 30.6 Å². The summed E-state index contributed by atoms with van der Waals surface area (Å²) in [6.45, 7) is 2.60. The van der Waals surface area contributed by atoms with Gasteiger partial charge >= 0.3 is 0 Å². The summed E-state index contributed by atoms with van der Waals surface area (Å²) < 4.78 is 26.7. The Morgan fingerprint density at radius 3 is 2.38 bits per heavy atom. The van der Waals surface area contributed by atoms with Gasteiger partial charge in [0.05, 0.1) is 11.4 Å². The first-order chi connectivity index (χ1) is 12.5. The Kier molecular flexibility index (Phi) is 6.08. The molecule has 2 heterocycles. The van der Waals surface area contributed by atoms with Crippen LogP contribution in [0.2, 0.25) is 0 Å². The third kappa shape index (κ3) is 4.50. The highest BCUT2D eigenvalue weighted by atomic mass is 32.2. The number of carbonyl (C=O) groups excluding carboxylic acids is 1. The van der Waals surface area contributed by atoms with Crippen LogP contribution in [0.15, 0.2) is 52.7 Å². The highest BCUT2D eigenvalue weighted by molar-refractivity contribution is 7.89. The predicted octanol–water partition coefficient (Wildman–Crippen LogP) is 1.71. The SMILES string of the molecule is CN(CC(=O)N1CCN(S(=O)(=O)c2ccccc2)CC1)Cc1cccs1. The molecule has 1 aromatic carbocycles. The molecular weight excluding hydrogens is 370 g/mol. The van der Waals surface area contributed by atoms with Crippen molar-refractivity contribution in [3.8, 4) is 0 Å². The normalized spacial score (nSPS) is 16.2. The van der Waals surface area contributed by atoms with Gasteiger partial charge in [0.1, 0.15) is 0 Å². The number of hydrogen-bond donors (Lipinski definition) is 0. The summed E-state index contributed by atoms with van der Waals surface area (Å²) in [5, 5.41) is 2.03. The minimum Gasteiger partial charge on any atom is -0.339 e. The van der Waals surface area contributed by atoms with Gasteiger partial charge in [-0.25, -0.2) is 8.42 Å². The Labute approximate surface area is 158 Å². The number of nitrogens with zero attached hydrogens (tertiary/aromatic N) is 3. The van der Waals surface area contributed by atoms with Crippen molar-refractivity contribution < 1.29 is 13.2 Å². The van der Waals surface area contributed by atoms with E-state index in [1.165, 1.54) is 9.18 Å². The number of thiophene rings is 1. The first-order valence-corrected chi connectivity index (χ1v) is 10.8. The molecule has 0 saturated carbocycles. The molecule has 3 rings (SSSR count). The predicted molar refractivity (Wildman–Crippen MR) is 102 cm³/mol. The average Bonchev–Trinajstić information content (AvgIpc) is 3.15. The molecule has 140 valence electrons. The molecule has 0 spiro atoms. The van der Waals surface area contributed by atoms with Crippen molar-refractivity contribution in [1.29, 1.82) is 0 Å². The van der Waals surface area contributed by atoms with Crippen LogP contribution in [0.4, 0.5) is 0 Å². The fraction of sp³-hybridized carbons (Fsp3) is 0.389. The van der Waals surface area contributed by atoms with E-state index in [-0.39, 0.29) is 5.91 Å². The summed E-state index contributed by atoms with van der Waals surface area (Å²) >= 11 is 1.67. The molecule has 1 fully saturated rings. The highest BCUT2D eigenvalue weighted by Gasteiger charge is 2.30. The number of sulfonamides is 1. The van der Waals surface area contributed by atoms with E-state index in [4.69, 9.17) is 0 Å². The van der Waals surface area contributed by atoms with Gasteiger partial charge < -0.3 is 4.90 Å². The zero-order valence-electron chi connectivity index (χ0n) is 14.7. The van der Waals surface area contributed by atoms with E-state index in [1.54, 1.807) is 46.6 Å². The number of carbonyl (C=O) groups is 1. The molecule has 8 heteroatoms. The van der Waals surface area contributed by atoms with Crippen molar-refractivity contribution in [2.75, 3.05) is 39.8 Å². The van der Waals surface area contributed by atoms with Gasteiger partial charge in [-0.2, -0.15) is 4.31 Å². The lowest BCUT2D eigenvalue weighted by Gasteiger charge is -2.34. The minimum absolute atomic E-state index is 0.0424. The molecule has 1 aromatic heterocycles. The first-order valence-electron chi connectivity index (χ1n) is 8.51. The number of amides is 1. The maximum atomic E-state index is 12.6. The maximum Gasteiger partial charge on any atom is 0.243 e. The fourth-order valence-corrected chi connectivity index (χ4v) is 5.20. The maximum absolute atomic E-state index is 12.6. The number of piperazine rings is 1. The summed E-state index contributed by atoms with van der Waals surface area (Å²) in [5.74, 6) is 0.0424. The second kappa shape index (κ2) is 8.30. The van der Waals surface area contributed by atoms with E-state index >= 15 is 0 Å². The van der Waals surface area contributed by atoms with Gasteiger partial charge in [-0.1, -0.05) is 24.3 Å². The molecule has 0 atom stereocenters. The topological polar surface area (TPSA) is 60.9 Å². The van der Waals surface area contributed by atoms with Gasteiger partial charge in [-0.15, -0.1) is 11.3 Å². The lowest BCUT2D eigenvalue weighted by atomic mass is 10.3. The van der Waals surface area contributed by atoms with Crippen molar-refractivity contribution in [3.63, 3.8) is 0 Å². The van der Waals surface area contributed by atoms with E-state index < -0.39 is 10.0 Å². The summed E-state index contributed by atoms with van der Waals surface area (Å²) in [4.78, 5) is 17.7. The number of benzene rings is 1. The van der Waals surface area contributed by atoms with E-state index in [0.29, 0.717) is 37.6 Å². The number of likely N-dealkylation sites (N-methyl/N-ethyl adjacent to an activating group) is 1. The molecule has 0 radical (unpaired) electrons. The van der Waals surface area contributed by atoms with Crippen LogP contribution in [0.3, 0.4) is 0 Å². The zero-order valence-corrected chi connectivity index (χ0v) is 16.4. The Morgan fingerprint density at radius 1 is 1.08 bits per heavy atom. The van der Waals surface area contributed by atoms with Gasteiger partial charge in [0.25, 0.3) is 0 Å². The van der Waals surface area contributed by atoms with Crippen molar-refractivity contribution in [1.82, 2.24) is 14.1 Å². The summed E-state index contributed by atoms with van der Waals surface area (Å²) in [6, 6.07) is 12.5. The van der Waals surface area contributed by atoms with Crippen LogP contribution in [0.25, 0.3) is 0 Å². The van der Waals surface area contributed by atoms with Crippen LogP contribution in [0, 0.1) is 0 Å². The van der Waals surface area contributed by atoms with Gasteiger partial charge in [0.15, 0.2) is 0 Å². The second-order valence-electron chi connectivity index (χ2n) is 6.35. The van der Waals surface area contributed by atoms with Crippen LogP contribution >= 0.6 is 11.3 Å². The van der Waals surface area contributed by atoms with Crippen LogP contribution in [-0.2, 0) is 21.4 Å². The molecule has 1 aliphatic heterocycles. The smallest absolute Gasteiger partial charge is 0.243 e. The lowest BCUT2D eigenvalue weighted by Crippen LogP contribution is -2.52. The third-order valence-electron chi connectivity index (χ3n) is 4.38. The van der Waals surface area contributed by atoms with Crippen molar-refractivity contribution in [2.45, 2.75) is 11.4 Å². The molecule has 0 N–H and O–H groups in total. The summed E-state index contributed by atoms with van der Waals surface area (Å²) in [6.07, 6.45) is 0.